The number of hydrogen-bond donors (Lipinski definition) is 2. The summed E-state index contributed by atoms with van der Waals surface area (Å²) in [6.45, 7) is 1.70. The molecule has 1 aromatic rings. The molecule has 1 unspecified atom stereocenters. The Hall–Kier alpha value is -2.57. The topological polar surface area (TPSA) is 102 Å². The zero-order chi connectivity index (χ0) is 15.7. The molecule has 1 rings (SSSR count). The molecule has 0 fully saturated rings. The summed E-state index contributed by atoms with van der Waals surface area (Å²) in [5.74, 6) is -2.03. The molecule has 0 aromatic heterocycles. The number of aliphatic carboxylic acids is 1. The van der Waals surface area contributed by atoms with Crippen LogP contribution in [0.1, 0.15) is 18.9 Å². The first kappa shape index (κ1) is 16.5. The van der Waals surface area contributed by atoms with Crippen LogP contribution in [0, 0.1) is 0 Å². The van der Waals surface area contributed by atoms with Gasteiger partial charge in [-0.3, -0.25) is 4.79 Å². The molecule has 114 valence electrons. The first-order chi connectivity index (χ1) is 10.0. The number of rotatable bonds is 7. The molecule has 7 nitrogen and oxygen atoms in total. The fourth-order valence-electron chi connectivity index (χ4n) is 1.52. The van der Waals surface area contributed by atoms with Crippen molar-refractivity contribution < 1.29 is 29.0 Å². The second kappa shape index (κ2) is 8.57. The van der Waals surface area contributed by atoms with Crippen molar-refractivity contribution in [3.05, 3.63) is 35.9 Å². The van der Waals surface area contributed by atoms with Crippen LogP contribution in [0.25, 0.3) is 0 Å². The lowest BCUT2D eigenvalue weighted by atomic mass is 10.2. The Labute approximate surface area is 121 Å². The Morgan fingerprint density at radius 1 is 1.19 bits per heavy atom. The van der Waals surface area contributed by atoms with Gasteiger partial charge >= 0.3 is 18.0 Å². The summed E-state index contributed by atoms with van der Waals surface area (Å²) in [5, 5.41) is 10.9. The number of carboxylic acid groups (broad SMARTS) is 1. The predicted molar refractivity (Wildman–Crippen MR) is 72.4 cm³/mol. The molecule has 1 aromatic carbocycles. The highest BCUT2D eigenvalue weighted by Gasteiger charge is 2.25. The standard InChI is InChI=1S/C14H17NO6/c1-2-20-13(18)11(8-12(16)17)15-14(19)21-9-10-6-4-3-5-7-10/h3-7,11H,2,8-9H2,1H3,(H,15,19)(H,16,17). The van der Waals surface area contributed by atoms with Gasteiger partial charge in [-0.15, -0.1) is 0 Å². The third-order valence-electron chi connectivity index (χ3n) is 2.45. The number of amides is 1. The van der Waals surface area contributed by atoms with E-state index in [9.17, 15) is 14.4 Å². The third-order valence-corrected chi connectivity index (χ3v) is 2.45. The molecule has 0 heterocycles. The van der Waals surface area contributed by atoms with E-state index in [1.165, 1.54) is 0 Å². The molecule has 1 atom stereocenters. The van der Waals surface area contributed by atoms with Gasteiger partial charge in [-0.05, 0) is 12.5 Å². The Kier molecular flexibility index (Phi) is 6.73. The van der Waals surface area contributed by atoms with E-state index >= 15 is 0 Å². The van der Waals surface area contributed by atoms with E-state index in [4.69, 9.17) is 14.6 Å². The van der Waals surface area contributed by atoms with Crippen molar-refractivity contribution in [3.63, 3.8) is 0 Å². The molecular weight excluding hydrogens is 278 g/mol. The summed E-state index contributed by atoms with van der Waals surface area (Å²) < 4.78 is 9.61. The first-order valence-corrected chi connectivity index (χ1v) is 6.38. The normalized spacial score (nSPS) is 11.3. The third kappa shape index (κ3) is 6.42. The molecular formula is C14H17NO6. The zero-order valence-electron chi connectivity index (χ0n) is 11.6. The number of ether oxygens (including phenoxy) is 2. The van der Waals surface area contributed by atoms with Gasteiger partial charge in [-0.1, -0.05) is 30.3 Å². The van der Waals surface area contributed by atoms with Gasteiger partial charge in [-0.2, -0.15) is 0 Å². The first-order valence-electron chi connectivity index (χ1n) is 6.38. The van der Waals surface area contributed by atoms with Crippen LogP contribution >= 0.6 is 0 Å². The van der Waals surface area contributed by atoms with Gasteiger partial charge in [-0.25, -0.2) is 9.59 Å². The Bertz CT molecular complexity index is 487. The van der Waals surface area contributed by atoms with Crippen molar-refractivity contribution in [1.82, 2.24) is 5.32 Å². The maximum Gasteiger partial charge on any atom is 0.408 e. The SMILES string of the molecule is CCOC(=O)C(CC(=O)O)NC(=O)OCc1ccccc1. The molecule has 0 bridgehead atoms. The molecule has 21 heavy (non-hydrogen) atoms. The van der Waals surface area contributed by atoms with Crippen LogP contribution in [-0.4, -0.2) is 35.8 Å². The Balaban J connectivity index is 2.51. The summed E-state index contributed by atoms with van der Waals surface area (Å²) in [4.78, 5) is 33.8. The smallest absolute Gasteiger partial charge is 0.408 e. The van der Waals surface area contributed by atoms with Crippen molar-refractivity contribution >= 4 is 18.0 Å². The lowest BCUT2D eigenvalue weighted by Crippen LogP contribution is -2.43. The Morgan fingerprint density at radius 3 is 2.43 bits per heavy atom. The summed E-state index contributed by atoms with van der Waals surface area (Å²) in [5.41, 5.74) is 0.776. The lowest BCUT2D eigenvalue weighted by molar-refractivity contribution is -0.149. The fraction of sp³-hybridized carbons (Fsp3) is 0.357. The number of nitrogens with one attached hydrogen (secondary N) is 1. The lowest BCUT2D eigenvalue weighted by Gasteiger charge is -2.15. The molecule has 7 heteroatoms. The van der Waals surface area contributed by atoms with E-state index in [1.807, 2.05) is 6.07 Å². The predicted octanol–water partition coefficient (Wildman–Crippen LogP) is 1.32. The van der Waals surface area contributed by atoms with Gasteiger partial charge < -0.3 is 19.9 Å². The molecule has 0 saturated carbocycles. The molecule has 0 aliphatic rings. The number of benzene rings is 1. The van der Waals surface area contributed by atoms with Crippen molar-refractivity contribution in [1.29, 1.82) is 0 Å². The van der Waals surface area contributed by atoms with Gasteiger partial charge in [0.25, 0.3) is 0 Å². The molecule has 0 saturated heterocycles. The summed E-state index contributed by atoms with van der Waals surface area (Å²) in [7, 11) is 0. The molecule has 0 radical (unpaired) electrons. The molecule has 0 aliphatic carbocycles. The molecule has 1 amide bonds. The molecule has 0 aliphatic heterocycles. The van der Waals surface area contributed by atoms with Crippen molar-refractivity contribution in [3.8, 4) is 0 Å². The second-order valence-electron chi connectivity index (χ2n) is 4.11. The summed E-state index contributed by atoms with van der Waals surface area (Å²) in [6, 6.07) is 7.68. The Morgan fingerprint density at radius 2 is 1.86 bits per heavy atom. The number of alkyl carbamates (subject to hydrolysis) is 1. The monoisotopic (exact) mass is 295 g/mol. The van der Waals surface area contributed by atoms with E-state index in [0.717, 1.165) is 5.56 Å². The number of carbonyl (C=O) groups is 3. The van der Waals surface area contributed by atoms with Crippen LogP contribution in [0.5, 0.6) is 0 Å². The number of hydrogen-bond acceptors (Lipinski definition) is 5. The van der Waals surface area contributed by atoms with Gasteiger partial charge in [0.1, 0.15) is 12.6 Å². The quantitative estimate of drug-likeness (QED) is 0.735. The van der Waals surface area contributed by atoms with Crippen LogP contribution in [0.2, 0.25) is 0 Å². The maximum atomic E-state index is 11.6. The van der Waals surface area contributed by atoms with Crippen LogP contribution in [0.15, 0.2) is 30.3 Å². The van der Waals surface area contributed by atoms with E-state index in [2.05, 4.69) is 5.32 Å². The highest BCUT2D eigenvalue weighted by Crippen LogP contribution is 2.02. The molecule has 0 spiro atoms. The van der Waals surface area contributed by atoms with Crippen LogP contribution in [0.4, 0.5) is 4.79 Å². The van der Waals surface area contributed by atoms with Gasteiger partial charge in [0.2, 0.25) is 0 Å². The highest BCUT2D eigenvalue weighted by atomic mass is 16.6. The van der Waals surface area contributed by atoms with E-state index in [-0.39, 0.29) is 13.2 Å². The maximum absolute atomic E-state index is 11.6. The summed E-state index contributed by atoms with van der Waals surface area (Å²) in [6.07, 6.45) is -1.45. The van der Waals surface area contributed by atoms with E-state index < -0.39 is 30.5 Å². The minimum absolute atomic E-state index is 0.0231. The largest absolute Gasteiger partial charge is 0.481 e. The van der Waals surface area contributed by atoms with Crippen LogP contribution in [-0.2, 0) is 25.7 Å². The summed E-state index contributed by atoms with van der Waals surface area (Å²) >= 11 is 0. The minimum Gasteiger partial charge on any atom is -0.481 e. The molecule has 2 N–H and O–H groups in total. The van der Waals surface area contributed by atoms with Crippen LogP contribution < -0.4 is 5.32 Å². The van der Waals surface area contributed by atoms with Gasteiger partial charge in [0.05, 0.1) is 13.0 Å². The van der Waals surface area contributed by atoms with Crippen molar-refractivity contribution in [2.24, 2.45) is 0 Å². The van der Waals surface area contributed by atoms with E-state index in [0.29, 0.717) is 0 Å². The number of esters is 1. The zero-order valence-corrected chi connectivity index (χ0v) is 11.6. The second-order valence-corrected chi connectivity index (χ2v) is 4.11. The fourth-order valence-corrected chi connectivity index (χ4v) is 1.52. The van der Waals surface area contributed by atoms with Crippen molar-refractivity contribution in [2.75, 3.05) is 6.61 Å². The average Bonchev–Trinajstić information content (AvgIpc) is 2.45. The highest BCUT2D eigenvalue weighted by molar-refractivity contribution is 5.85. The minimum atomic E-state index is -1.27. The number of carboxylic acids is 1. The average molecular weight is 295 g/mol. The number of carbonyl (C=O) groups excluding carboxylic acids is 2. The van der Waals surface area contributed by atoms with Crippen molar-refractivity contribution in [2.45, 2.75) is 26.0 Å². The van der Waals surface area contributed by atoms with E-state index in [1.54, 1.807) is 31.2 Å². The van der Waals surface area contributed by atoms with Gasteiger partial charge in [0, 0.05) is 0 Å². The van der Waals surface area contributed by atoms with Gasteiger partial charge in [0.15, 0.2) is 0 Å². The van der Waals surface area contributed by atoms with Crippen LogP contribution in [0.3, 0.4) is 0 Å².